The minimum atomic E-state index is -1.17. The van der Waals surface area contributed by atoms with Gasteiger partial charge >= 0.3 is 5.97 Å². The van der Waals surface area contributed by atoms with Crippen LogP contribution >= 0.6 is 0 Å². The summed E-state index contributed by atoms with van der Waals surface area (Å²) in [7, 11) is 1.28. The first kappa shape index (κ1) is 28.4. The van der Waals surface area contributed by atoms with E-state index in [0.717, 1.165) is 22.0 Å². The van der Waals surface area contributed by atoms with Gasteiger partial charge in [-0.3, -0.25) is 9.59 Å². The van der Waals surface area contributed by atoms with Gasteiger partial charge in [0.05, 0.1) is 30.9 Å². The largest absolute Gasteiger partial charge is 0.464 e. The fraction of sp³-hybridized carbons (Fsp3) is 0.171. The van der Waals surface area contributed by atoms with Crippen LogP contribution in [-0.4, -0.2) is 52.4 Å². The van der Waals surface area contributed by atoms with Gasteiger partial charge in [-0.2, -0.15) is 5.26 Å². The molecule has 0 fully saturated rings. The molecule has 0 bridgehead atoms. The van der Waals surface area contributed by atoms with Crippen molar-refractivity contribution in [2.24, 2.45) is 0 Å². The second-order valence-corrected chi connectivity index (χ2v) is 10.5. The summed E-state index contributed by atoms with van der Waals surface area (Å²) in [5.41, 5.74) is 3.89. The number of pyridine rings is 1. The Morgan fingerprint density at radius 1 is 1.02 bits per heavy atom. The Morgan fingerprint density at radius 2 is 1.73 bits per heavy atom. The molecule has 0 aliphatic carbocycles. The number of carbonyl (C=O) groups is 3. The zero-order valence-electron chi connectivity index (χ0n) is 24.1. The van der Waals surface area contributed by atoms with Gasteiger partial charge in [-0.15, -0.1) is 0 Å². The third-order valence-corrected chi connectivity index (χ3v) is 7.82. The highest BCUT2D eigenvalue weighted by molar-refractivity contribution is 6.12. The Kier molecular flexibility index (Phi) is 7.89. The van der Waals surface area contributed by atoms with Crippen molar-refractivity contribution < 1.29 is 19.1 Å². The topological polar surface area (TPSA) is 117 Å². The van der Waals surface area contributed by atoms with Crippen LogP contribution in [0.25, 0.3) is 27.9 Å². The van der Waals surface area contributed by atoms with Gasteiger partial charge in [-0.1, -0.05) is 78.9 Å². The van der Waals surface area contributed by atoms with Crippen molar-refractivity contribution in [3.8, 4) is 6.07 Å². The molecule has 9 heteroatoms. The molecular formula is C35H29N5O4. The number of nitrogens with zero attached hydrogens (tertiary/aromatic N) is 4. The summed E-state index contributed by atoms with van der Waals surface area (Å²) < 4.78 is 6.89. The summed E-state index contributed by atoms with van der Waals surface area (Å²) in [5, 5.41) is 14.2. The number of nitriles is 1. The van der Waals surface area contributed by atoms with Crippen LogP contribution in [-0.2, 0) is 27.3 Å². The van der Waals surface area contributed by atoms with E-state index in [4.69, 9.17) is 4.74 Å². The number of hydrogen-bond acceptors (Lipinski definition) is 6. The molecule has 0 spiro atoms. The molecule has 0 radical (unpaired) electrons. The highest BCUT2D eigenvalue weighted by atomic mass is 16.5. The summed E-state index contributed by atoms with van der Waals surface area (Å²) in [5.74, 6) is -1.42. The molecule has 44 heavy (non-hydrogen) atoms. The average molecular weight is 584 g/mol. The van der Waals surface area contributed by atoms with Gasteiger partial charge in [-0.25, -0.2) is 9.78 Å². The lowest BCUT2D eigenvalue weighted by atomic mass is 10.0. The van der Waals surface area contributed by atoms with E-state index in [0.29, 0.717) is 22.9 Å². The van der Waals surface area contributed by atoms with Crippen LogP contribution in [0.2, 0.25) is 0 Å². The van der Waals surface area contributed by atoms with E-state index < -0.39 is 17.9 Å². The molecule has 5 aromatic rings. The molecule has 2 aromatic heterocycles. The maximum atomic E-state index is 14.2. The lowest BCUT2D eigenvalue weighted by Gasteiger charge is -2.29. The van der Waals surface area contributed by atoms with Gasteiger partial charge < -0.3 is 19.5 Å². The fourth-order valence-corrected chi connectivity index (χ4v) is 5.75. The molecule has 3 heterocycles. The number of nitrogens with one attached hydrogen (secondary N) is 1. The third kappa shape index (κ3) is 5.41. The molecule has 2 amide bonds. The van der Waals surface area contributed by atoms with E-state index in [9.17, 15) is 19.6 Å². The number of benzene rings is 3. The summed E-state index contributed by atoms with van der Waals surface area (Å²) >= 11 is 0. The Labute approximate surface area is 254 Å². The molecule has 1 aliphatic rings. The molecule has 1 N–H and O–H groups in total. The zero-order chi connectivity index (χ0) is 30.6. The predicted molar refractivity (Wildman–Crippen MR) is 166 cm³/mol. The van der Waals surface area contributed by atoms with Gasteiger partial charge in [0.2, 0.25) is 11.8 Å². The van der Waals surface area contributed by atoms with Crippen LogP contribution < -0.4 is 5.32 Å². The lowest BCUT2D eigenvalue weighted by Crippen LogP contribution is -2.45. The third-order valence-electron chi connectivity index (χ3n) is 7.82. The van der Waals surface area contributed by atoms with E-state index in [2.05, 4.69) is 16.4 Å². The van der Waals surface area contributed by atoms with Crippen molar-refractivity contribution in [1.29, 1.82) is 5.26 Å². The fourth-order valence-electron chi connectivity index (χ4n) is 5.75. The molecule has 218 valence electrons. The molecule has 0 saturated heterocycles. The van der Waals surface area contributed by atoms with Crippen molar-refractivity contribution in [2.75, 3.05) is 20.2 Å². The molecule has 9 nitrogen and oxygen atoms in total. The number of para-hydroxylation sites is 1. The van der Waals surface area contributed by atoms with Crippen molar-refractivity contribution in [2.45, 2.75) is 19.0 Å². The standard InChI is InChI=1S/C35H29N5O4/c1-44-35(43)28-19-27-26-14-8-9-15-29(26)40-22-30(41)39(17-16-23-10-4-2-5-11-23)33(31(38-28)32(27)40)34(42)37-21-25(20-36)18-24-12-6-3-7-13-24/h2-15,18-19,33H,16-17,21-22H2,1H3,(H,37,42)/b25-18+. The first-order valence-electron chi connectivity index (χ1n) is 14.3. The molecule has 0 saturated carbocycles. The van der Waals surface area contributed by atoms with Crippen molar-refractivity contribution in [3.63, 3.8) is 0 Å². The van der Waals surface area contributed by atoms with Gasteiger partial charge in [0.25, 0.3) is 0 Å². The SMILES string of the molecule is COC(=O)c1cc2c3ccccc3n3c2c(n1)C(C(=O)NC/C(C#N)=C/c1ccccc1)N(CCc1ccccc1)C(=O)C3. The van der Waals surface area contributed by atoms with E-state index >= 15 is 0 Å². The van der Waals surface area contributed by atoms with E-state index in [1.54, 1.807) is 12.1 Å². The smallest absolute Gasteiger partial charge is 0.356 e. The Morgan fingerprint density at radius 3 is 2.45 bits per heavy atom. The molecule has 1 atom stereocenters. The van der Waals surface area contributed by atoms with E-state index in [1.807, 2.05) is 89.5 Å². The molecule has 6 rings (SSSR count). The minimum absolute atomic E-state index is 0.00775. The Hall–Kier alpha value is -5.75. The molecule has 1 aliphatic heterocycles. The van der Waals surface area contributed by atoms with Crippen LogP contribution in [0.4, 0.5) is 0 Å². The maximum absolute atomic E-state index is 14.2. The van der Waals surface area contributed by atoms with Crippen LogP contribution in [0, 0.1) is 11.3 Å². The number of ether oxygens (including phenoxy) is 1. The minimum Gasteiger partial charge on any atom is -0.464 e. The number of hydrogen-bond donors (Lipinski definition) is 1. The van der Waals surface area contributed by atoms with Crippen molar-refractivity contribution in [3.05, 3.63) is 119 Å². The predicted octanol–water partition coefficient (Wildman–Crippen LogP) is 4.83. The highest BCUT2D eigenvalue weighted by Crippen LogP contribution is 2.38. The Bertz CT molecular complexity index is 1960. The number of fused-ring (bicyclic) bond motifs is 3. The number of esters is 1. The monoisotopic (exact) mass is 583 g/mol. The maximum Gasteiger partial charge on any atom is 0.356 e. The molecule has 1 unspecified atom stereocenters. The number of rotatable bonds is 8. The van der Waals surface area contributed by atoms with Crippen molar-refractivity contribution >= 4 is 45.7 Å². The summed E-state index contributed by atoms with van der Waals surface area (Å²) in [6.07, 6.45) is 2.21. The molecule has 3 aromatic carbocycles. The number of methoxy groups -OCH3 is 1. The molecular weight excluding hydrogens is 554 g/mol. The van der Waals surface area contributed by atoms with Gasteiger partial charge in [0.1, 0.15) is 12.2 Å². The van der Waals surface area contributed by atoms with Crippen LogP contribution in [0.3, 0.4) is 0 Å². The van der Waals surface area contributed by atoms with E-state index in [1.165, 1.54) is 12.0 Å². The number of carbonyl (C=O) groups excluding carboxylic acids is 3. The van der Waals surface area contributed by atoms with Crippen molar-refractivity contribution in [1.82, 2.24) is 19.8 Å². The van der Waals surface area contributed by atoms with Crippen LogP contribution in [0.1, 0.15) is 33.4 Å². The van der Waals surface area contributed by atoms with Gasteiger partial charge in [-0.05, 0) is 35.8 Å². The second kappa shape index (κ2) is 12.2. The number of aromatic nitrogens is 2. The lowest BCUT2D eigenvalue weighted by molar-refractivity contribution is -0.140. The summed E-state index contributed by atoms with van der Waals surface area (Å²) in [6, 6.07) is 29.3. The summed E-state index contributed by atoms with van der Waals surface area (Å²) in [4.78, 5) is 47.3. The average Bonchev–Trinajstić information content (AvgIpc) is 3.31. The van der Waals surface area contributed by atoms with Crippen LogP contribution in [0.15, 0.2) is 96.6 Å². The van der Waals surface area contributed by atoms with E-state index in [-0.39, 0.29) is 36.9 Å². The second-order valence-electron chi connectivity index (χ2n) is 10.5. The quantitative estimate of drug-likeness (QED) is 0.207. The van der Waals surface area contributed by atoms with Gasteiger partial charge in [0.15, 0.2) is 6.04 Å². The van der Waals surface area contributed by atoms with Gasteiger partial charge in [0, 0.05) is 28.4 Å². The first-order valence-corrected chi connectivity index (χ1v) is 14.3. The first-order chi connectivity index (χ1) is 21.5. The highest BCUT2D eigenvalue weighted by Gasteiger charge is 2.39. The summed E-state index contributed by atoms with van der Waals surface area (Å²) in [6.45, 7) is 0.177. The Balaban J connectivity index is 1.47. The number of amides is 2. The normalized spacial score (nSPS) is 14.7. The zero-order valence-corrected chi connectivity index (χ0v) is 24.1. The van der Waals surface area contributed by atoms with Crippen LogP contribution in [0.5, 0.6) is 0 Å².